The Kier molecular flexibility index (Phi) is 7.74. The molecule has 288 valence electrons. The highest BCUT2D eigenvalue weighted by Gasteiger charge is 2.41. The molecular formula is C59H42N2. The quantitative estimate of drug-likeness (QED) is 0.174. The van der Waals surface area contributed by atoms with Crippen molar-refractivity contribution in [3.8, 4) is 67.3 Å². The SMILES string of the molecule is CC1(C)c2cc3ccccc3cc2-c2c(-c3ccc(-c4cc(-c5ccc6c(c5)-c5ccccc5C6(C)c5ccccc5)nc(-c5ccccc5)n4)c4ccccc34)cccc21. The third-order valence-corrected chi connectivity index (χ3v) is 13.8. The lowest BCUT2D eigenvalue weighted by molar-refractivity contribution is 0.661. The highest BCUT2D eigenvalue weighted by atomic mass is 14.9. The van der Waals surface area contributed by atoms with Gasteiger partial charge in [0.1, 0.15) is 0 Å². The van der Waals surface area contributed by atoms with E-state index in [0.717, 1.165) is 28.1 Å². The highest BCUT2D eigenvalue weighted by molar-refractivity contribution is 6.08. The van der Waals surface area contributed by atoms with Crippen LogP contribution in [0.25, 0.3) is 88.8 Å². The smallest absolute Gasteiger partial charge is 0.160 e. The summed E-state index contributed by atoms with van der Waals surface area (Å²) in [6, 6.07) is 73.2. The Labute approximate surface area is 356 Å². The first-order valence-electron chi connectivity index (χ1n) is 21.3. The van der Waals surface area contributed by atoms with Gasteiger partial charge in [-0.15, -0.1) is 0 Å². The van der Waals surface area contributed by atoms with Gasteiger partial charge in [0, 0.05) is 27.5 Å². The molecule has 0 saturated heterocycles. The average molecular weight is 779 g/mol. The third kappa shape index (κ3) is 5.28. The van der Waals surface area contributed by atoms with Gasteiger partial charge in [0.25, 0.3) is 0 Å². The van der Waals surface area contributed by atoms with Crippen LogP contribution in [-0.2, 0) is 10.8 Å². The first kappa shape index (κ1) is 35.5. The van der Waals surface area contributed by atoms with Crippen LogP contribution in [0.15, 0.2) is 200 Å². The summed E-state index contributed by atoms with van der Waals surface area (Å²) in [5, 5.41) is 4.93. The van der Waals surface area contributed by atoms with Crippen molar-refractivity contribution in [2.45, 2.75) is 31.6 Å². The van der Waals surface area contributed by atoms with Crippen LogP contribution < -0.4 is 0 Å². The third-order valence-electron chi connectivity index (χ3n) is 13.8. The molecule has 0 saturated carbocycles. The Morgan fingerprint density at radius 2 is 0.951 bits per heavy atom. The lowest BCUT2D eigenvalue weighted by Gasteiger charge is -2.28. The van der Waals surface area contributed by atoms with Crippen molar-refractivity contribution < 1.29 is 0 Å². The topological polar surface area (TPSA) is 25.8 Å². The van der Waals surface area contributed by atoms with Gasteiger partial charge in [-0.1, -0.05) is 190 Å². The summed E-state index contributed by atoms with van der Waals surface area (Å²) in [5.41, 5.74) is 18.9. The first-order chi connectivity index (χ1) is 29.9. The second-order valence-corrected chi connectivity index (χ2v) is 17.4. The van der Waals surface area contributed by atoms with Crippen molar-refractivity contribution in [3.05, 3.63) is 228 Å². The summed E-state index contributed by atoms with van der Waals surface area (Å²) in [6.45, 7) is 7.11. The van der Waals surface area contributed by atoms with E-state index in [0.29, 0.717) is 5.82 Å². The summed E-state index contributed by atoms with van der Waals surface area (Å²) in [4.78, 5) is 10.7. The fourth-order valence-corrected chi connectivity index (χ4v) is 10.6. The lowest BCUT2D eigenvalue weighted by Crippen LogP contribution is -2.22. The fourth-order valence-electron chi connectivity index (χ4n) is 10.6. The molecule has 10 aromatic rings. The van der Waals surface area contributed by atoms with Crippen molar-refractivity contribution in [1.82, 2.24) is 9.97 Å². The van der Waals surface area contributed by atoms with Gasteiger partial charge in [0.05, 0.1) is 11.4 Å². The average Bonchev–Trinajstić information content (AvgIpc) is 3.71. The molecule has 0 radical (unpaired) electrons. The van der Waals surface area contributed by atoms with E-state index in [2.05, 4.69) is 215 Å². The number of hydrogen-bond donors (Lipinski definition) is 0. The minimum Gasteiger partial charge on any atom is -0.228 e. The zero-order chi connectivity index (χ0) is 40.9. The molecule has 1 heterocycles. The van der Waals surface area contributed by atoms with Crippen molar-refractivity contribution in [2.24, 2.45) is 0 Å². The van der Waals surface area contributed by atoms with E-state index in [-0.39, 0.29) is 10.8 Å². The maximum Gasteiger partial charge on any atom is 0.160 e. The Balaban J connectivity index is 1.04. The monoisotopic (exact) mass is 778 g/mol. The normalized spacial score (nSPS) is 15.7. The Morgan fingerprint density at radius 1 is 0.344 bits per heavy atom. The number of benzene rings is 9. The largest absolute Gasteiger partial charge is 0.228 e. The predicted octanol–water partition coefficient (Wildman–Crippen LogP) is 15.1. The van der Waals surface area contributed by atoms with Crippen LogP contribution in [0.1, 0.15) is 48.6 Å². The van der Waals surface area contributed by atoms with Crippen LogP contribution in [0, 0.1) is 0 Å². The van der Waals surface area contributed by atoms with Crippen molar-refractivity contribution >= 4 is 21.5 Å². The van der Waals surface area contributed by atoms with Gasteiger partial charge in [-0.25, -0.2) is 9.97 Å². The molecule has 9 aromatic carbocycles. The molecule has 2 heteroatoms. The number of hydrogen-bond acceptors (Lipinski definition) is 2. The molecule has 0 spiro atoms. The van der Waals surface area contributed by atoms with Gasteiger partial charge in [0.2, 0.25) is 0 Å². The number of rotatable bonds is 5. The molecule has 1 aromatic heterocycles. The zero-order valence-corrected chi connectivity index (χ0v) is 34.4. The van der Waals surface area contributed by atoms with E-state index < -0.39 is 0 Å². The molecule has 1 atom stereocenters. The van der Waals surface area contributed by atoms with Crippen LogP contribution in [0.3, 0.4) is 0 Å². The van der Waals surface area contributed by atoms with Crippen molar-refractivity contribution in [2.75, 3.05) is 0 Å². The van der Waals surface area contributed by atoms with E-state index in [9.17, 15) is 0 Å². The van der Waals surface area contributed by atoms with Crippen LogP contribution in [0.4, 0.5) is 0 Å². The van der Waals surface area contributed by atoms with Gasteiger partial charge in [-0.3, -0.25) is 0 Å². The molecule has 0 amide bonds. The van der Waals surface area contributed by atoms with Crippen molar-refractivity contribution in [3.63, 3.8) is 0 Å². The van der Waals surface area contributed by atoms with Crippen molar-refractivity contribution in [1.29, 1.82) is 0 Å². The molecular weight excluding hydrogens is 737 g/mol. The lowest BCUT2D eigenvalue weighted by atomic mass is 9.74. The number of nitrogens with zero attached hydrogens (tertiary/aromatic N) is 2. The fraction of sp³-hybridized carbons (Fsp3) is 0.0847. The molecule has 2 aliphatic rings. The van der Waals surface area contributed by atoms with Gasteiger partial charge in [-0.2, -0.15) is 0 Å². The maximum atomic E-state index is 5.35. The minimum absolute atomic E-state index is 0.120. The Bertz CT molecular complexity index is 3400. The van der Waals surface area contributed by atoms with E-state index >= 15 is 0 Å². The molecule has 1 unspecified atom stereocenters. The van der Waals surface area contributed by atoms with Gasteiger partial charge in [-0.05, 0) is 114 Å². The molecule has 2 nitrogen and oxygen atoms in total. The molecule has 0 fully saturated rings. The van der Waals surface area contributed by atoms with E-state index in [1.165, 1.54) is 82.7 Å². The molecule has 12 rings (SSSR count). The van der Waals surface area contributed by atoms with E-state index in [1.54, 1.807) is 0 Å². The summed E-state index contributed by atoms with van der Waals surface area (Å²) in [7, 11) is 0. The molecule has 0 aliphatic heterocycles. The number of aromatic nitrogens is 2. The second-order valence-electron chi connectivity index (χ2n) is 17.4. The summed E-state index contributed by atoms with van der Waals surface area (Å²) >= 11 is 0. The van der Waals surface area contributed by atoms with Gasteiger partial charge >= 0.3 is 0 Å². The Hall–Kier alpha value is -7.42. The predicted molar refractivity (Wildman–Crippen MR) is 254 cm³/mol. The first-order valence-corrected chi connectivity index (χ1v) is 21.3. The Morgan fingerprint density at radius 3 is 1.75 bits per heavy atom. The van der Waals surface area contributed by atoms with E-state index in [4.69, 9.17) is 9.97 Å². The van der Waals surface area contributed by atoms with Crippen LogP contribution in [-0.4, -0.2) is 9.97 Å². The van der Waals surface area contributed by atoms with Crippen LogP contribution >= 0.6 is 0 Å². The van der Waals surface area contributed by atoms with Gasteiger partial charge in [0.15, 0.2) is 5.82 Å². The second kappa shape index (κ2) is 13.3. The van der Waals surface area contributed by atoms with E-state index in [1.807, 2.05) is 6.07 Å². The van der Waals surface area contributed by atoms with Crippen LogP contribution in [0.5, 0.6) is 0 Å². The zero-order valence-electron chi connectivity index (χ0n) is 34.4. The highest BCUT2D eigenvalue weighted by Crippen LogP contribution is 2.55. The van der Waals surface area contributed by atoms with Crippen LogP contribution in [0.2, 0.25) is 0 Å². The molecule has 0 N–H and O–H groups in total. The number of fused-ring (bicyclic) bond motifs is 8. The standard InChI is InChI=1S/C59H42N2/c1-58(2)52-28-16-26-47(56(52)49-33-38-19-10-11-20-39(38)35-53(49)58)44-30-31-46(43-24-13-12-23-42(43)44)55-36-54(60-57(61-55)37-17-6-4-7-18-37)40-29-32-51-48(34-40)45-25-14-15-27-50(45)59(51,3)41-21-8-5-9-22-41/h4-36H,1-3H3. The summed E-state index contributed by atoms with van der Waals surface area (Å²) < 4.78 is 0. The minimum atomic E-state index is -0.261. The molecule has 61 heavy (non-hydrogen) atoms. The molecule has 0 bridgehead atoms. The summed E-state index contributed by atoms with van der Waals surface area (Å²) in [5.74, 6) is 0.711. The molecule has 2 aliphatic carbocycles. The summed E-state index contributed by atoms with van der Waals surface area (Å²) in [6.07, 6.45) is 0. The maximum absolute atomic E-state index is 5.35. The van der Waals surface area contributed by atoms with Gasteiger partial charge < -0.3 is 0 Å².